The van der Waals surface area contributed by atoms with E-state index >= 15 is 0 Å². The fraction of sp³-hybridized carbons (Fsp3) is 0.143. The van der Waals surface area contributed by atoms with Crippen molar-refractivity contribution < 1.29 is 18.4 Å². The number of H-pyrrole nitrogens is 1. The molecule has 1 N–H and O–H groups in total. The number of fused-ring (bicyclic) bond motifs is 1. The van der Waals surface area contributed by atoms with Gasteiger partial charge in [-0.05, 0) is 37.3 Å². The first-order valence-corrected chi connectivity index (χ1v) is 9.24. The van der Waals surface area contributed by atoms with Gasteiger partial charge in [-0.15, -0.1) is 0 Å². The Morgan fingerprint density at radius 3 is 2.70 bits per heavy atom. The molecule has 1 saturated heterocycles. The number of hydrogen-bond acceptors (Lipinski definition) is 5. The van der Waals surface area contributed by atoms with Gasteiger partial charge in [-0.1, -0.05) is 18.2 Å². The minimum atomic E-state index is -0.977. The molecule has 0 saturated carbocycles. The number of amides is 2. The van der Waals surface area contributed by atoms with E-state index < -0.39 is 29.1 Å². The maximum atomic E-state index is 13.6. The third kappa shape index (κ3) is 2.66. The molecule has 0 radical (unpaired) electrons. The van der Waals surface area contributed by atoms with Gasteiger partial charge in [0, 0.05) is 12.1 Å². The molecule has 8 nitrogen and oxygen atoms in total. The number of aromatic nitrogens is 3. The van der Waals surface area contributed by atoms with Crippen LogP contribution in [0, 0.1) is 12.7 Å². The lowest BCUT2D eigenvalue weighted by Crippen LogP contribution is -2.31. The molecule has 1 aliphatic rings. The quantitative estimate of drug-likeness (QED) is 0.527. The lowest BCUT2D eigenvalue weighted by atomic mass is 9.98. The normalized spacial score (nSPS) is 16.7. The van der Waals surface area contributed by atoms with E-state index in [1.807, 2.05) is 0 Å². The Bertz CT molecular complexity index is 1350. The van der Waals surface area contributed by atoms with E-state index in [1.165, 1.54) is 18.2 Å². The number of hydrogen-bond donors (Lipinski definition) is 1. The van der Waals surface area contributed by atoms with Gasteiger partial charge in [0.2, 0.25) is 11.8 Å². The van der Waals surface area contributed by atoms with Crippen LogP contribution < -0.4 is 10.5 Å². The summed E-state index contributed by atoms with van der Waals surface area (Å²) in [7, 11) is 0. The zero-order chi connectivity index (χ0) is 21.0. The molecule has 1 atom stereocenters. The van der Waals surface area contributed by atoms with Crippen LogP contribution in [0.4, 0.5) is 10.1 Å². The Kier molecular flexibility index (Phi) is 3.92. The highest BCUT2D eigenvalue weighted by molar-refractivity contribution is 6.22. The Morgan fingerprint density at radius 2 is 1.93 bits per heavy atom. The van der Waals surface area contributed by atoms with Crippen LogP contribution >= 0.6 is 0 Å². The number of imide groups is 1. The molecule has 2 aromatic heterocycles. The van der Waals surface area contributed by atoms with Crippen molar-refractivity contribution >= 4 is 28.6 Å². The first kappa shape index (κ1) is 18.0. The Morgan fingerprint density at radius 1 is 1.13 bits per heavy atom. The predicted octanol–water partition coefficient (Wildman–Crippen LogP) is 2.80. The van der Waals surface area contributed by atoms with Crippen LogP contribution in [0.2, 0.25) is 0 Å². The summed E-state index contributed by atoms with van der Waals surface area (Å²) in [6.07, 6.45) is -0.184. The molecule has 30 heavy (non-hydrogen) atoms. The highest BCUT2D eigenvalue weighted by Gasteiger charge is 2.43. The first-order chi connectivity index (χ1) is 14.4. The number of para-hydroxylation sites is 2. The van der Waals surface area contributed by atoms with Gasteiger partial charge in [0.15, 0.2) is 5.58 Å². The molecule has 5 rings (SSSR count). The molecule has 4 aromatic rings. The van der Waals surface area contributed by atoms with Crippen molar-refractivity contribution in [3.05, 3.63) is 76.0 Å². The number of halogens is 1. The second-order valence-electron chi connectivity index (χ2n) is 7.06. The number of rotatable bonds is 3. The van der Waals surface area contributed by atoms with Crippen molar-refractivity contribution in [2.75, 3.05) is 4.90 Å². The van der Waals surface area contributed by atoms with Gasteiger partial charge < -0.3 is 4.42 Å². The van der Waals surface area contributed by atoms with Gasteiger partial charge >= 0.3 is 6.01 Å². The molecular formula is C21H15FN4O4. The maximum absolute atomic E-state index is 13.6. The van der Waals surface area contributed by atoms with E-state index in [2.05, 4.69) is 10.1 Å². The van der Waals surface area contributed by atoms with E-state index in [4.69, 9.17) is 4.42 Å². The van der Waals surface area contributed by atoms with Crippen LogP contribution in [0.15, 0.2) is 57.7 Å². The van der Waals surface area contributed by atoms with E-state index in [0.29, 0.717) is 16.8 Å². The van der Waals surface area contributed by atoms with E-state index in [0.717, 1.165) is 15.6 Å². The zero-order valence-electron chi connectivity index (χ0n) is 15.8. The predicted molar refractivity (Wildman–Crippen MR) is 105 cm³/mol. The monoisotopic (exact) mass is 406 g/mol. The summed E-state index contributed by atoms with van der Waals surface area (Å²) in [6, 6.07) is 12.3. The third-order valence-corrected chi connectivity index (χ3v) is 5.15. The molecule has 2 amide bonds. The molecule has 9 heteroatoms. The molecule has 1 aliphatic heterocycles. The highest BCUT2D eigenvalue weighted by Crippen LogP contribution is 2.33. The van der Waals surface area contributed by atoms with Crippen LogP contribution in [-0.2, 0) is 9.59 Å². The average Bonchev–Trinajstić information content (AvgIpc) is 3.35. The van der Waals surface area contributed by atoms with Crippen molar-refractivity contribution in [2.45, 2.75) is 19.3 Å². The fourth-order valence-electron chi connectivity index (χ4n) is 3.80. The number of aromatic amines is 1. The Hall–Kier alpha value is -4.01. The average molecular weight is 406 g/mol. The summed E-state index contributed by atoms with van der Waals surface area (Å²) in [5.74, 6) is -2.61. The lowest BCUT2D eigenvalue weighted by molar-refractivity contribution is -0.121. The van der Waals surface area contributed by atoms with Crippen LogP contribution in [-0.4, -0.2) is 26.6 Å². The number of anilines is 1. The zero-order valence-corrected chi connectivity index (χ0v) is 15.8. The fourth-order valence-corrected chi connectivity index (χ4v) is 3.80. The van der Waals surface area contributed by atoms with Crippen molar-refractivity contribution in [3.8, 4) is 6.01 Å². The third-order valence-electron chi connectivity index (χ3n) is 5.15. The van der Waals surface area contributed by atoms with Crippen molar-refractivity contribution in [1.82, 2.24) is 14.8 Å². The molecule has 1 fully saturated rings. The van der Waals surface area contributed by atoms with E-state index in [-0.39, 0.29) is 23.7 Å². The maximum Gasteiger partial charge on any atom is 0.325 e. The van der Waals surface area contributed by atoms with Crippen molar-refractivity contribution in [1.29, 1.82) is 0 Å². The largest absolute Gasteiger partial charge is 0.422 e. The lowest BCUT2D eigenvalue weighted by Gasteiger charge is -2.14. The number of nitrogens with zero attached hydrogens (tertiary/aromatic N) is 3. The molecule has 0 spiro atoms. The number of oxazole rings is 1. The van der Waals surface area contributed by atoms with Gasteiger partial charge in [0.25, 0.3) is 5.56 Å². The summed E-state index contributed by atoms with van der Waals surface area (Å²) >= 11 is 0. The summed E-state index contributed by atoms with van der Waals surface area (Å²) in [4.78, 5) is 43.8. The smallest absolute Gasteiger partial charge is 0.325 e. The summed E-state index contributed by atoms with van der Waals surface area (Å²) in [5.41, 5.74) is 1.30. The summed E-state index contributed by atoms with van der Waals surface area (Å²) in [5, 5.41) is 2.87. The number of benzene rings is 2. The van der Waals surface area contributed by atoms with Crippen LogP contribution in [0.25, 0.3) is 17.1 Å². The minimum Gasteiger partial charge on any atom is -0.422 e. The second-order valence-corrected chi connectivity index (χ2v) is 7.06. The summed E-state index contributed by atoms with van der Waals surface area (Å²) < 4.78 is 20.3. The highest BCUT2D eigenvalue weighted by atomic mass is 19.1. The van der Waals surface area contributed by atoms with Crippen molar-refractivity contribution in [3.63, 3.8) is 0 Å². The van der Waals surface area contributed by atoms with Crippen LogP contribution in [0.1, 0.15) is 23.6 Å². The number of carbonyl (C=O) groups excluding carboxylic acids is 2. The minimum absolute atomic E-state index is 0.0364. The number of carbonyl (C=O) groups is 2. The number of nitrogens with one attached hydrogen (secondary N) is 1. The van der Waals surface area contributed by atoms with Crippen LogP contribution in [0.3, 0.4) is 0 Å². The Balaban J connectivity index is 1.56. The molecule has 150 valence electrons. The van der Waals surface area contributed by atoms with Gasteiger partial charge in [0.05, 0.1) is 17.2 Å². The van der Waals surface area contributed by atoms with Gasteiger partial charge in [-0.2, -0.15) is 9.67 Å². The molecular weight excluding hydrogens is 391 g/mol. The second kappa shape index (κ2) is 6.51. The topological polar surface area (TPSA) is 101 Å². The van der Waals surface area contributed by atoms with Gasteiger partial charge in [-0.25, -0.2) is 9.29 Å². The SMILES string of the molecule is Cc1[nH]n(-c2nc3ccccc3o2)c(=O)c1C1CC(=O)N(c2cccc(F)c2)C1=O. The number of aryl methyl sites for hydroxylation is 1. The first-order valence-electron chi connectivity index (χ1n) is 9.24. The molecule has 0 aliphatic carbocycles. The van der Waals surface area contributed by atoms with Crippen LogP contribution in [0.5, 0.6) is 0 Å². The van der Waals surface area contributed by atoms with Crippen molar-refractivity contribution in [2.24, 2.45) is 0 Å². The molecule has 3 heterocycles. The van der Waals surface area contributed by atoms with Gasteiger partial charge in [0.1, 0.15) is 11.3 Å². The summed E-state index contributed by atoms with van der Waals surface area (Å²) in [6.45, 7) is 1.64. The standard InChI is InChI=1S/C21H15FN4O4/c1-11-18(14-10-17(27)25(19(14)28)13-6-4-5-12(22)9-13)20(29)26(24-11)21-23-15-7-2-3-8-16(15)30-21/h2-9,14,24H,10H2,1H3. The van der Waals surface area contributed by atoms with E-state index in [1.54, 1.807) is 31.2 Å². The molecule has 1 unspecified atom stereocenters. The van der Waals surface area contributed by atoms with E-state index in [9.17, 15) is 18.8 Å². The molecule has 2 aromatic carbocycles. The Labute approximate surface area is 168 Å². The molecule has 0 bridgehead atoms. The van der Waals surface area contributed by atoms with Gasteiger partial charge in [-0.3, -0.25) is 19.5 Å².